The van der Waals surface area contributed by atoms with Crippen LogP contribution in [0.15, 0.2) is 42.6 Å². The first-order chi connectivity index (χ1) is 7.34. The number of aromatic hydroxyl groups is 1. The minimum absolute atomic E-state index is 0.277. The van der Waals surface area contributed by atoms with Crippen molar-refractivity contribution in [2.75, 3.05) is 0 Å². The second-order valence-electron chi connectivity index (χ2n) is 3.11. The highest BCUT2D eigenvalue weighted by Gasteiger charge is 1.88. The van der Waals surface area contributed by atoms with Crippen molar-refractivity contribution in [1.82, 2.24) is 4.98 Å². The smallest absolute Gasteiger partial charge is 0.115 e. The topological polar surface area (TPSA) is 33.1 Å². The predicted molar refractivity (Wildman–Crippen MR) is 60.1 cm³/mol. The maximum atomic E-state index is 9.10. The highest BCUT2D eigenvalue weighted by molar-refractivity contribution is 5.68. The SMILES string of the molecule is Oc1ccc(/C=C/c2cc[c]cn2)cc1. The molecule has 73 valence electrons. The summed E-state index contributed by atoms with van der Waals surface area (Å²) in [6, 6.07) is 13.6. The zero-order chi connectivity index (χ0) is 10.5. The summed E-state index contributed by atoms with van der Waals surface area (Å²) in [5, 5.41) is 9.10. The molecule has 0 amide bonds. The van der Waals surface area contributed by atoms with E-state index in [4.69, 9.17) is 5.11 Å². The number of aromatic nitrogens is 1. The Bertz CT molecular complexity index is 446. The van der Waals surface area contributed by atoms with Crippen LogP contribution in [0.3, 0.4) is 0 Å². The molecule has 2 aromatic rings. The van der Waals surface area contributed by atoms with Crippen LogP contribution in [0, 0.1) is 6.07 Å². The van der Waals surface area contributed by atoms with E-state index in [-0.39, 0.29) is 5.75 Å². The standard InChI is InChI=1S/C13H10NO/c15-13-8-5-11(6-9-13)4-7-12-3-1-2-10-14-12/h1,3-10,15H/b7-4+. The molecule has 0 aliphatic carbocycles. The number of hydrogen-bond donors (Lipinski definition) is 1. The third-order valence-corrected chi connectivity index (χ3v) is 1.98. The third kappa shape index (κ3) is 2.68. The zero-order valence-corrected chi connectivity index (χ0v) is 8.09. The van der Waals surface area contributed by atoms with Gasteiger partial charge in [-0.15, -0.1) is 0 Å². The lowest BCUT2D eigenvalue weighted by atomic mass is 10.2. The van der Waals surface area contributed by atoms with Gasteiger partial charge in [0.25, 0.3) is 0 Å². The van der Waals surface area contributed by atoms with Crippen molar-refractivity contribution in [2.45, 2.75) is 0 Å². The minimum atomic E-state index is 0.277. The number of nitrogens with zero attached hydrogens (tertiary/aromatic N) is 1. The summed E-state index contributed by atoms with van der Waals surface area (Å²) in [6.07, 6.45) is 5.50. The number of pyridine rings is 1. The first-order valence-electron chi connectivity index (χ1n) is 4.64. The maximum Gasteiger partial charge on any atom is 0.115 e. The lowest BCUT2D eigenvalue weighted by molar-refractivity contribution is 0.475. The second-order valence-corrected chi connectivity index (χ2v) is 3.11. The van der Waals surface area contributed by atoms with Gasteiger partial charge in [0, 0.05) is 12.3 Å². The monoisotopic (exact) mass is 196 g/mol. The van der Waals surface area contributed by atoms with E-state index >= 15 is 0 Å². The molecule has 15 heavy (non-hydrogen) atoms. The van der Waals surface area contributed by atoms with Crippen molar-refractivity contribution in [3.63, 3.8) is 0 Å². The van der Waals surface area contributed by atoms with Crippen LogP contribution in [0.2, 0.25) is 0 Å². The molecule has 0 saturated carbocycles. The van der Waals surface area contributed by atoms with Gasteiger partial charge < -0.3 is 5.11 Å². The van der Waals surface area contributed by atoms with Gasteiger partial charge in [0.1, 0.15) is 5.75 Å². The van der Waals surface area contributed by atoms with E-state index in [1.165, 1.54) is 0 Å². The number of benzene rings is 1. The lowest BCUT2D eigenvalue weighted by Gasteiger charge is -1.94. The van der Waals surface area contributed by atoms with E-state index < -0.39 is 0 Å². The van der Waals surface area contributed by atoms with Crippen molar-refractivity contribution >= 4 is 12.2 Å². The summed E-state index contributed by atoms with van der Waals surface area (Å²) in [7, 11) is 0. The van der Waals surface area contributed by atoms with E-state index in [0.29, 0.717) is 0 Å². The van der Waals surface area contributed by atoms with Gasteiger partial charge in [0.2, 0.25) is 0 Å². The molecule has 0 bridgehead atoms. The van der Waals surface area contributed by atoms with Gasteiger partial charge in [-0.3, -0.25) is 4.98 Å². The van der Waals surface area contributed by atoms with E-state index in [0.717, 1.165) is 11.3 Å². The van der Waals surface area contributed by atoms with Crippen LogP contribution in [0.5, 0.6) is 5.75 Å². The normalized spacial score (nSPS) is 10.7. The number of hydrogen-bond acceptors (Lipinski definition) is 2. The second kappa shape index (κ2) is 4.42. The Morgan fingerprint density at radius 3 is 2.53 bits per heavy atom. The number of phenols is 1. The van der Waals surface area contributed by atoms with E-state index in [9.17, 15) is 0 Å². The van der Waals surface area contributed by atoms with Gasteiger partial charge in [-0.05, 0) is 29.8 Å². The Balaban J connectivity index is 2.15. The van der Waals surface area contributed by atoms with Gasteiger partial charge in [0.05, 0.1) is 5.69 Å². The maximum absolute atomic E-state index is 9.10. The fraction of sp³-hybridized carbons (Fsp3) is 0. The molecule has 0 atom stereocenters. The van der Waals surface area contributed by atoms with E-state index in [1.54, 1.807) is 18.3 Å². The Morgan fingerprint density at radius 1 is 1.07 bits per heavy atom. The quantitative estimate of drug-likeness (QED) is 0.801. The molecular weight excluding hydrogens is 186 g/mol. The molecule has 1 aromatic heterocycles. The Morgan fingerprint density at radius 2 is 1.87 bits per heavy atom. The summed E-state index contributed by atoms with van der Waals surface area (Å²) in [5.74, 6) is 0.277. The fourth-order valence-corrected chi connectivity index (χ4v) is 1.20. The van der Waals surface area contributed by atoms with Gasteiger partial charge in [-0.25, -0.2) is 0 Å². The summed E-state index contributed by atoms with van der Waals surface area (Å²) < 4.78 is 0. The molecule has 1 N–H and O–H groups in total. The molecule has 1 heterocycles. The predicted octanol–water partition coefficient (Wildman–Crippen LogP) is 2.76. The van der Waals surface area contributed by atoms with Gasteiger partial charge in [-0.1, -0.05) is 24.3 Å². The molecule has 0 saturated heterocycles. The summed E-state index contributed by atoms with van der Waals surface area (Å²) in [6.45, 7) is 0. The van der Waals surface area contributed by atoms with Crippen LogP contribution < -0.4 is 0 Å². The molecule has 0 unspecified atom stereocenters. The van der Waals surface area contributed by atoms with Crippen molar-refractivity contribution in [2.24, 2.45) is 0 Å². The van der Waals surface area contributed by atoms with E-state index in [2.05, 4.69) is 11.1 Å². The molecular formula is C13H10NO. The molecule has 0 aliphatic heterocycles. The van der Waals surface area contributed by atoms with E-state index in [1.807, 2.05) is 36.4 Å². The average Bonchev–Trinajstić information content (AvgIpc) is 2.30. The van der Waals surface area contributed by atoms with Crippen LogP contribution >= 0.6 is 0 Å². The molecule has 1 radical (unpaired) electrons. The third-order valence-electron chi connectivity index (χ3n) is 1.98. The first kappa shape index (κ1) is 9.46. The summed E-state index contributed by atoms with van der Waals surface area (Å²) in [4.78, 5) is 4.12. The number of phenolic OH excluding ortho intramolecular Hbond substituents is 1. The molecule has 2 heteroatoms. The largest absolute Gasteiger partial charge is 0.508 e. The summed E-state index contributed by atoms with van der Waals surface area (Å²) in [5.41, 5.74) is 1.92. The molecule has 2 nitrogen and oxygen atoms in total. The van der Waals surface area contributed by atoms with Gasteiger partial charge in [-0.2, -0.15) is 0 Å². The molecule has 0 spiro atoms. The van der Waals surface area contributed by atoms with Crippen LogP contribution in [-0.4, -0.2) is 10.1 Å². The molecule has 0 fully saturated rings. The van der Waals surface area contributed by atoms with Crippen LogP contribution in [0.4, 0.5) is 0 Å². The minimum Gasteiger partial charge on any atom is -0.508 e. The summed E-state index contributed by atoms with van der Waals surface area (Å²) >= 11 is 0. The fourth-order valence-electron chi connectivity index (χ4n) is 1.20. The van der Waals surface area contributed by atoms with Crippen molar-refractivity contribution in [3.05, 3.63) is 59.9 Å². The van der Waals surface area contributed by atoms with Crippen LogP contribution in [0.1, 0.15) is 11.3 Å². The van der Waals surface area contributed by atoms with Gasteiger partial charge >= 0.3 is 0 Å². The highest BCUT2D eigenvalue weighted by Crippen LogP contribution is 2.11. The number of rotatable bonds is 2. The Hall–Kier alpha value is -2.09. The van der Waals surface area contributed by atoms with Gasteiger partial charge in [0.15, 0.2) is 0 Å². The van der Waals surface area contributed by atoms with Crippen LogP contribution in [0.25, 0.3) is 12.2 Å². The van der Waals surface area contributed by atoms with Crippen molar-refractivity contribution in [3.8, 4) is 5.75 Å². The average molecular weight is 196 g/mol. The van der Waals surface area contributed by atoms with Crippen molar-refractivity contribution in [1.29, 1.82) is 0 Å². The Kier molecular flexibility index (Phi) is 2.79. The molecule has 1 aromatic carbocycles. The first-order valence-corrected chi connectivity index (χ1v) is 4.64. The Labute approximate surface area is 88.5 Å². The zero-order valence-electron chi connectivity index (χ0n) is 8.09. The molecule has 2 rings (SSSR count). The van der Waals surface area contributed by atoms with Crippen molar-refractivity contribution < 1.29 is 5.11 Å². The molecule has 0 aliphatic rings. The van der Waals surface area contributed by atoms with Crippen LogP contribution in [-0.2, 0) is 0 Å². The lowest BCUT2D eigenvalue weighted by Crippen LogP contribution is -1.77. The highest BCUT2D eigenvalue weighted by atomic mass is 16.3.